The summed E-state index contributed by atoms with van der Waals surface area (Å²) in [6.45, 7) is 1.92. The average molecular weight is 317 g/mol. The summed E-state index contributed by atoms with van der Waals surface area (Å²) >= 11 is 5.95. The smallest absolute Gasteiger partial charge is 0.253 e. The summed E-state index contributed by atoms with van der Waals surface area (Å²) < 4.78 is 0. The molecule has 0 atom stereocenters. The maximum absolute atomic E-state index is 12.4. The third-order valence-electron chi connectivity index (χ3n) is 3.11. The molecule has 0 aliphatic heterocycles. The van der Waals surface area contributed by atoms with Crippen LogP contribution in [0.5, 0.6) is 0 Å². The lowest BCUT2D eigenvalue weighted by Gasteiger charge is -2.17. The molecule has 0 aliphatic carbocycles. The Hall–Kier alpha value is -2.33. The van der Waals surface area contributed by atoms with Crippen LogP contribution in [0.3, 0.4) is 0 Å². The zero-order chi connectivity index (χ0) is 16.1. The molecule has 2 aromatic carbocycles. The molecule has 2 aromatic rings. The normalized spacial score (nSPS) is 10.1. The number of hydrogen-bond acceptors (Lipinski definition) is 2. The van der Waals surface area contributed by atoms with E-state index in [1.807, 2.05) is 18.2 Å². The molecule has 5 heteroatoms. The summed E-state index contributed by atoms with van der Waals surface area (Å²) in [7, 11) is 1.74. The second kappa shape index (κ2) is 7.09. The summed E-state index contributed by atoms with van der Waals surface area (Å²) in [5.41, 5.74) is 2.21. The van der Waals surface area contributed by atoms with Gasteiger partial charge in [0.15, 0.2) is 0 Å². The summed E-state index contributed by atoms with van der Waals surface area (Å²) in [6.07, 6.45) is 0. The van der Waals surface area contributed by atoms with Gasteiger partial charge in [0.1, 0.15) is 0 Å². The van der Waals surface area contributed by atoms with E-state index in [-0.39, 0.29) is 11.8 Å². The number of amides is 2. The SMILES string of the molecule is CC(=O)Nc1ccc(C(=O)N(C)Cc2cccc(Cl)c2)cc1. The maximum Gasteiger partial charge on any atom is 0.253 e. The Morgan fingerprint density at radius 1 is 1.14 bits per heavy atom. The van der Waals surface area contributed by atoms with Crippen molar-refractivity contribution in [1.29, 1.82) is 0 Å². The molecule has 2 amide bonds. The van der Waals surface area contributed by atoms with E-state index in [1.54, 1.807) is 42.3 Å². The molecular weight excluding hydrogens is 300 g/mol. The number of carbonyl (C=O) groups excluding carboxylic acids is 2. The van der Waals surface area contributed by atoms with E-state index in [0.29, 0.717) is 22.8 Å². The van der Waals surface area contributed by atoms with Crippen LogP contribution in [-0.4, -0.2) is 23.8 Å². The van der Waals surface area contributed by atoms with Gasteiger partial charge < -0.3 is 10.2 Å². The topological polar surface area (TPSA) is 49.4 Å². The van der Waals surface area contributed by atoms with Gasteiger partial charge >= 0.3 is 0 Å². The van der Waals surface area contributed by atoms with Crippen LogP contribution < -0.4 is 5.32 Å². The summed E-state index contributed by atoms with van der Waals surface area (Å²) in [5.74, 6) is -0.230. The number of rotatable bonds is 4. The molecule has 1 N–H and O–H groups in total. The highest BCUT2D eigenvalue weighted by atomic mass is 35.5. The summed E-state index contributed by atoms with van der Waals surface area (Å²) in [5, 5.41) is 3.32. The highest BCUT2D eigenvalue weighted by molar-refractivity contribution is 6.30. The molecule has 0 radical (unpaired) electrons. The Bertz CT molecular complexity index is 683. The first kappa shape index (κ1) is 16.0. The minimum absolute atomic E-state index is 0.0886. The molecule has 114 valence electrons. The molecule has 0 fully saturated rings. The van der Waals surface area contributed by atoms with Gasteiger partial charge in [0, 0.05) is 36.8 Å². The predicted octanol–water partition coefficient (Wildman–Crippen LogP) is 3.57. The van der Waals surface area contributed by atoms with E-state index < -0.39 is 0 Å². The lowest BCUT2D eigenvalue weighted by Crippen LogP contribution is -2.26. The van der Waals surface area contributed by atoms with Crippen LogP contribution in [0, 0.1) is 0 Å². The van der Waals surface area contributed by atoms with Gasteiger partial charge in [-0.1, -0.05) is 23.7 Å². The van der Waals surface area contributed by atoms with E-state index in [4.69, 9.17) is 11.6 Å². The van der Waals surface area contributed by atoms with Gasteiger partial charge in [-0.15, -0.1) is 0 Å². The van der Waals surface area contributed by atoms with Gasteiger partial charge in [-0.3, -0.25) is 9.59 Å². The van der Waals surface area contributed by atoms with E-state index in [1.165, 1.54) is 6.92 Å². The number of nitrogens with zero attached hydrogens (tertiary/aromatic N) is 1. The molecule has 0 aliphatic rings. The van der Waals surface area contributed by atoms with Crippen molar-refractivity contribution in [2.75, 3.05) is 12.4 Å². The quantitative estimate of drug-likeness (QED) is 0.937. The first-order valence-corrected chi connectivity index (χ1v) is 7.21. The monoisotopic (exact) mass is 316 g/mol. The molecule has 0 saturated carbocycles. The van der Waals surface area contributed by atoms with E-state index in [0.717, 1.165) is 5.56 Å². The van der Waals surface area contributed by atoms with Crippen molar-refractivity contribution >= 4 is 29.1 Å². The minimum atomic E-state index is -0.142. The second-order valence-corrected chi connectivity index (χ2v) is 5.49. The van der Waals surface area contributed by atoms with Crippen LogP contribution in [0.15, 0.2) is 48.5 Å². The van der Waals surface area contributed by atoms with Gasteiger partial charge in [0.2, 0.25) is 5.91 Å². The Morgan fingerprint density at radius 2 is 1.82 bits per heavy atom. The van der Waals surface area contributed by atoms with Crippen LogP contribution >= 0.6 is 11.6 Å². The van der Waals surface area contributed by atoms with Gasteiger partial charge in [-0.05, 0) is 42.0 Å². The van der Waals surface area contributed by atoms with Crippen LogP contribution in [0.2, 0.25) is 5.02 Å². The van der Waals surface area contributed by atoms with Crippen molar-refractivity contribution in [1.82, 2.24) is 4.90 Å². The summed E-state index contributed by atoms with van der Waals surface area (Å²) in [6, 6.07) is 14.2. The predicted molar refractivity (Wildman–Crippen MR) is 88.0 cm³/mol. The molecular formula is C17H17ClN2O2. The molecule has 0 unspecified atom stereocenters. The van der Waals surface area contributed by atoms with Crippen molar-refractivity contribution in [2.45, 2.75) is 13.5 Å². The molecule has 0 saturated heterocycles. The zero-order valence-electron chi connectivity index (χ0n) is 12.5. The zero-order valence-corrected chi connectivity index (χ0v) is 13.2. The standard InChI is InChI=1S/C17H17ClN2O2/c1-12(21)19-16-8-6-14(7-9-16)17(22)20(2)11-13-4-3-5-15(18)10-13/h3-10H,11H2,1-2H3,(H,19,21). The third kappa shape index (κ3) is 4.33. The van der Waals surface area contributed by atoms with Crippen LogP contribution in [0.1, 0.15) is 22.8 Å². The molecule has 2 rings (SSSR count). The highest BCUT2D eigenvalue weighted by Crippen LogP contribution is 2.15. The lowest BCUT2D eigenvalue weighted by molar-refractivity contribution is -0.114. The fourth-order valence-electron chi connectivity index (χ4n) is 2.10. The number of nitrogens with one attached hydrogen (secondary N) is 1. The first-order valence-electron chi connectivity index (χ1n) is 6.83. The third-order valence-corrected chi connectivity index (χ3v) is 3.34. The summed E-state index contributed by atoms with van der Waals surface area (Å²) in [4.78, 5) is 25.0. The van der Waals surface area contributed by atoms with Gasteiger partial charge in [-0.2, -0.15) is 0 Å². The van der Waals surface area contributed by atoms with E-state index in [2.05, 4.69) is 5.32 Å². The van der Waals surface area contributed by atoms with Crippen molar-refractivity contribution in [3.63, 3.8) is 0 Å². The Morgan fingerprint density at radius 3 is 2.41 bits per heavy atom. The van der Waals surface area contributed by atoms with Crippen molar-refractivity contribution < 1.29 is 9.59 Å². The number of hydrogen-bond donors (Lipinski definition) is 1. The fraction of sp³-hybridized carbons (Fsp3) is 0.176. The van der Waals surface area contributed by atoms with Gasteiger partial charge in [-0.25, -0.2) is 0 Å². The maximum atomic E-state index is 12.4. The Kier molecular flexibility index (Phi) is 5.17. The van der Waals surface area contributed by atoms with Crippen LogP contribution in [0.25, 0.3) is 0 Å². The number of anilines is 1. The average Bonchev–Trinajstić information content (AvgIpc) is 2.46. The van der Waals surface area contributed by atoms with E-state index in [9.17, 15) is 9.59 Å². The largest absolute Gasteiger partial charge is 0.337 e. The van der Waals surface area contributed by atoms with Crippen molar-refractivity contribution in [3.8, 4) is 0 Å². The van der Waals surface area contributed by atoms with Gasteiger partial charge in [0.05, 0.1) is 0 Å². The molecule has 0 heterocycles. The molecule has 0 spiro atoms. The van der Waals surface area contributed by atoms with Gasteiger partial charge in [0.25, 0.3) is 5.91 Å². The lowest BCUT2D eigenvalue weighted by atomic mass is 10.1. The Balaban J connectivity index is 2.05. The molecule has 22 heavy (non-hydrogen) atoms. The molecule has 0 bridgehead atoms. The van der Waals surface area contributed by atoms with Crippen molar-refractivity contribution in [3.05, 3.63) is 64.7 Å². The van der Waals surface area contributed by atoms with Crippen molar-refractivity contribution in [2.24, 2.45) is 0 Å². The van der Waals surface area contributed by atoms with Crippen LogP contribution in [-0.2, 0) is 11.3 Å². The van der Waals surface area contributed by atoms with E-state index >= 15 is 0 Å². The Labute approximate surface area is 134 Å². The molecule has 0 aromatic heterocycles. The van der Waals surface area contributed by atoms with Crippen LogP contribution in [0.4, 0.5) is 5.69 Å². The number of halogens is 1. The fourth-order valence-corrected chi connectivity index (χ4v) is 2.31. The molecule has 4 nitrogen and oxygen atoms in total. The second-order valence-electron chi connectivity index (χ2n) is 5.05. The first-order chi connectivity index (χ1) is 10.5. The number of benzene rings is 2. The highest BCUT2D eigenvalue weighted by Gasteiger charge is 2.12. The number of carbonyl (C=O) groups is 2. The minimum Gasteiger partial charge on any atom is -0.337 e.